The highest BCUT2D eigenvalue weighted by Crippen LogP contribution is 2.32. The lowest BCUT2D eigenvalue weighted by molar-refractivity contribution is 0.314. The van der Waals surface area contributed by atoms with Gasteiger partial charge in [-0.25, -0.2) is 13.1 Å². The molecule has 0 amide bonds. The van der Waals surface area contributed by atoms with Gasteiger partial charge in [0.25, 0.3) is 0 Å². The Labute approximate surface area is 137 Å². The summed E-state index contributed by atoms with van der Waals surface area (Å²) < 4.78 is 38.0. The molecule has 1 aromatic rings. The number of methoxy groups -OCH3 is 2. The Morgan fingerprint density at radius 2 is 1.91 bits per heavy atom. The number of nitrogens with one attached hydrogen (secondary N) is 1. The summed E-state index contributed by atoms with van der Waals surface area (Å²) >= 11 is 0. The highest BCUT2D eigenvalue weighted by atomic mass is 32.2. The average molecular weight is 340 g/mol. The predicted molar refractivity (Wildman–Crippen MR) is 87.4 cm³/mol. The first-order chi connectivity index (χ1) is 11.0. The molecule has 2 aliphatic rings. The van der Waals surface area contributed by atoms with Crippen LogP contribution in [-0.2, 0) is 10.0 Å². The highest BCUT2D eigenvalue weighted by Gasteiger charge is 2.34. The summed E-state index contributed by atoms with van der Waals surface area (Å²) in [7, 11) is -0.515. The van der Waals surface area contributed by atoms with Crippen molar-refractivity contribution in [3.05, 3.63) is 18.2 Å². The lowest BCUT2D eigenvalue weighted by Crippen LogP contribution is -2.31. The summed E-state index contributed by atoms with van der Waals surface area (Å²) in [5.41, 5.74) is 0. The van der Waals surface area contributed by atoms with Crippen LogP contribution in [0, 0.1) is 5.92 Å². The first-order valence-corrected chi connectivity index (χ1v) is 9.47. The van der Waals surface area contributed by atoms with Gasteiger partial charge in [0.15, 0.2) is 11.5 Å². The minimum Gasteiger partial charge on any atom is -0.493 e. The molecule has 1 N–H and O–H groups in total. The fraction of sp³-hybridized carbons (Fsp3) is 0.625. The SMILES string of the molecule is COc1ccc(S(=O)(=O)NC[C@@H]2CCN(C3CC3)C2)cc1OC. The minimum atomic E-state index is -3.53. The van der Waals surface area contributed by atoms with Crippen LogP contribution in [0.3, 0.4) is 0 Å². The van der Waals surface area contributed by atoms with Crippen molar-refractivity contribution in [1.29, 1.82) is 0 Å². The molecule has 2 fully saturated rings. The van der Waals surface area contributed by atoms with Gasteiger partial charge in [-0.2, -0.15) is 0 Å². The number of benzene rings is 1. The van der Waals surface area contributed by atoms with Crippen LogP contribution >= 0.6 is 0 Å². The average Bonchev–Trinajstić information content (AvgIpc) is 3.30. The molecular weight excluding hydrogens is 316 g/mol. The zero-order valence-corrected chi connectivity index (χ0v) is 14.4. The van der Waals surface area contributed by atoms with Crippen molar-refractivity contribution < 1.29 is 17.9 Å². The molecule has 0 bridgehead atoms. The maximum absolute atomic E-state index is 12.5. The maximum Gasteiger partial charge on any atom is 0.240 e. The van der Waals surface area contributed by atoms with Crippen molar-refractivity contribution in [2.24, 2.45) is 5.92 Å². The second-order valence-electron chi connectivity index (χ2n) is 6.25. The normalized spacial score (nSPS) is 22.3. The number of hydrogen-bond donors (Lipinski definition) is 1. The van der Waals surface area contributed by atoms with E-state index in [4.69, 9.17) is 9.47 Å². The molecule has 1 saturated heterocycles. The summed E-state index contributed by atoms with van der Waals surface area (Å²) in [5, 5.41) is 0. The molecular formula is C16H24N2O4S. The minimum absolute atomic E-state index is 0.201. The largest absolute Gasteiger partial charge is 0.493 e. The van der Waals surface area contributed by atoms with E-state index in [0.717, 1.165) is 25.6 Å². The summed E-state index contributed by atoms with van der Waals surface area (Å²) in [6, 6.07) is 5.39. The first kappa shape index (κ1) is 16.5. The van der Waals surface area contributed by atoms with Crippen LogP contribution in [0.1, 0.15) is 19.3 Å². The smallest absolute Gasteiger partial charge is 0.240 e. The van der Waals surface area contributed by atoms with Gasteiger partial charge in [-0.05, 0) is 43.9 Å². The highest BCUT2D eigenvalue weighted by molar-refractivity contribution is 7.89. The van der Waals surface area contributed by atoms with Crippen LogP contribution in [0.2, 0.25) is 0 Å². The van der Waals surface area contributed by atoms with Crippen LogP contribution in [-0.4, -0.2) is 53.2 Å². The second kappa shape index (κ2) is 6.67. The fourth-order valence-electron chi connectivity index (χ4n) is 3.10. The van der Waals surface area contributed by atoms with Gasteiger partial charge in [0.2, 0.25) is 10.0 Å². The Hall–Kier alpha value is -1.31. The number of nitrogens with zero attached hydrogens (tertiary/aromatic N) is 1. The Kier molecular flexibility index (Phi) is 4.79. The quantitative estimate of drug-likeness (QED) is 0.814. The standard InChI is InChI=1S/C16H24N2O4S/c1-21-15-6-5-14(9-16(15)22-2)23(19,20)17-10-12-7-8-18(11-12)13-3-4-13/h5-6,9,12-13,17H,3-4,7-8,10-11H2,1-2H3/t12-/m0/s1. The summed E-state index contributed by atoms with van der Waals surface area (Å²) in [6.07, 6.45) is 3.65. The number of hydrogen-bond acceptors (Lipinski definition) is 5. The molecule has 0 spiro atoms. The van der Waals surface area contributed by atoms with Crippen LogP contribution in [0.15, 0.2) is 23.1 Å². The fourth-order valence-corrected chi connectivity index (χ4v) is 4.23. The molecule has 1 saturated carbocycles. The molecule has 23 heavy (non-hydrogen) atoms. The van der Waals surface area contributed by atoms with Crippen molar-refractivity contribution >= 4 is 10.0 Å². The molecule has 1 aliphatic heterocycles. The third kappa shape index (κ3) is 3.79. The Morgan fingerprint density at radius 1 is 1.17 bits per heavy atom. The third-order valence-electron chi connectivity index (χ3n) is 4.61. The van der Waals surface area contributed by atoms with Crippen molar-refractivity contribution in [1.82, 2.24) is 9.62 Å². The van der Waals surface area contributed by atoms with Gasteiger partial charge in [0, 0.05) is 25.2 Å². The molecule has 0 aromatic heterocycles. The van der Waals surface area contributed by atoms with Gasteiger partial charge in [-0.3, -0.25) is 0 Å². The zero-order valence-electron chi connectivity index (χ0n) is 13.6. The van der Waals surface area contributed by atoms with Gasteiger partial charge < -0.3 is 14.4 Å². The van der Waals surface area contributed by atoms with E-state index in [9.17, 15) is 8.42 Å². The molecule has 1 aromatic carbocycles. The third-order valence-corrected chi connectivity index (χ3v) is 6.03. The topological polar surface area (TPSA) is 67.9 Å². The van der Waals surface area contributed by atoms with E-state index in [1.54, 1.807) is 6.07 Å². The molecule has 6 nitrogen and oxygen atoms in total. The van der Waals surface area contributed by atoms with E-state index < -0.39 is 10.0 Å². The number of likely N-dealkylation sites (tertiary alicyclic amines) is 1. The molecule has 0 radical (unpaired) electrons. The van der Waals surface area contributed by atoms with E-state index in [1.165, 1.54) is 39.2 Å². The molecule has 7 heteroatoms. The van der Waals surface area contributed by atoms with Crippen LogP contribution in [0.5, 0.6) is 11.5 Å². The number of ether oxygens (including phenoxy) is 2. The van der Waals surface area contributed by atoms with E-state index in [1.807, 2.05) is 0 Å². The Morgan fingerprint density at radius 3 is 2.57 bits per heavy atom. The monoisotopic (exact) mass is 340 g/mol. The molecule has 3 rings (SSSR count). The van der Waals surface area contributed by atoms with E-state index in [-0.39, 0.29) is 4.90 Å². The van der Waals surface area contributed by atoms with E-state index in [0.29, 0.717) is 24.0 Å². The molecule has 1 heterocycles. The molecule has 1 aliphatic carbocycles. The van der Waals surface area contributed by atoms with Crippen molar-refractivity contribution in [2.75, 3.05) is 33.9 Å². The number of sulfonamides is 1. The Balaban J connectivity index is 1.62. The first-order valence-electron chi connectivity index (χ1n) is 7.99. The number of rotatable bonds is 7. The predicted octanol–water partition coefficient (Wildman–Crippen LogP) is 1.47. The van der Waals surface area contributed by atoms with Crippen molar-refractivity contribution in [3.8, 4) is 11.5 Å². The molecule has 0 unspecified atom stereocenters. The lowest BCUT2D eigenvalue weighted by atomic mass is 10.1. The van der Waals surface area contributed by atoms with Crippen molar-refractivity contribution in [2.45, 2.75) is 30.2 Å². The lowest BCUT2D eigenvalue weighted by Gasteiger charge is -2.15. The van der Waals surface area contributed by atoms with Gasteiger partial charge in [0.1, 0.15) is 0 Å². The summed E-state index contributed by atoms with van der Waals surface area (Å²) in [4.78, 5) is 2.68. The van der Waals surface area contributed by atoms with Gasteiger partial charge in [-0.1, -0.05) is 0 Å². The van der Waals surface area contributed by atoms with Gasteiger partial charge in [0.05, 0.1) is 19.1 Å². The van der Waals surface area contributed by atoms with E-state index in [2.05, 4.69) is 9.62 Å². The molecule has 1 atom stereocenters. The Bertz CT molecular complexity index is 658. The van der Waals surface area contributed by atoms with Gasteiger partial charge in [-0.15, -0.1) is 0 Å². The van der Waals surface area contributed by atoms with Gasteiger partial charge >= 0.3 is 0 Å². The summed E-state index contributed by atoms with van der Waals surface area (Å²) in [5.74, 6) is 1.32. The molecule has 128 valence electrons. The van der Waals surface area contributed by atoms with E-state index >= 15 is 0 Å². The van der Waals surface area contributed by atoms with Crippen LogP contribution < -0.4 is 14.2 Å². The van der Waals surface area contributed by atoms with Crippen molar-refractivity contribution in [3.63, 3.8) is 0 Å². The second-order valence-corrected chi connectivity index (χ2v) is 8.02. The van der Waals surface area contributed by atoms with Crippen LogP contribution in [0.25, 0.3) is 0 Å². The zero-order chi connectivity index (χ0) is 16.4. The summed E-state index contributed by atoms with van der Waals surface area (Å²) in [6.45, 7) is 2.58. The van der Waals surface area contributed by atoms with Crippen LogP contribution in [0.4, 0.5) is 0 Å². The maximum atomic E-state index is 12.5.